The van der Waals surface area contributed by atoms with E-state index in [0.29, 0.717) is 24.2 Å². The van der Waals surface area contributed by atoms with Gasteiger partial charge in [0.1, 0.15) is 6.10 Å². The molecular formula is C38H42N2O8S. The van der Waals surface area contributed by atoms with E-state index in [1.54, 1.807) is 26.0 Å². The van der Waals surface area contributed by atoms with Crippen molar-refractivity contribution in [2.45, 2.75) is 69.0 Å². The average Bonchev–Trinajstić information content (AvgIpc) is 3.52. The second-order valence-corrected chi connectivity index (χ2v) is 14.7. The van der Waals surface area contributed by atoms with Crippen LogP contribution in [0.3, 0.4) is 0 Å². The van der Waals surface area contributed by atoms with Gasteiger partial charge in [-0.3, -0.25) is 4.79 Å². The van der Waals surface area contributed by atoms with Crippen molar-refractivity contribution in [3.8, 4) is 0 Å². The van der Waals surface area contributed by atoms with Crippen molar-refractivity contribution in [2.75, 3.05) is 19.8 Å². The fraction of sp³-hybridized carbons (Fsp3) is 0.395. The van der Waals surface area contributed by atoms with Gasteiger partial charge in [0.2, 0.25) is 17.3 Å². The number of piperidine rings is 1. The van der Waals surface area contributed by atoms with Crippen molar-refractivity contribution < 1.29 is 37.0 Å². The van der Waals surface area contributed by atoms with Crippen LogP contribution in [0.15, 0.2) is 107 Å². The fourth-order valence-electron chi connectivity index (χ4n) is 7.09. The van der Waals surface area contributed by atoms with Crippen molar-refractivity contribution in [3.05, 3.63) is 114 Å². The number of aryl methyl sites for hydroxylation is 1. The standard InChI is InChI=1S/C38H42N2O8S/c1-5-45-37(42)38(31-20-22-40(35(41)30(31)24-25(2)3)49(43,44)29-18-16-26(4)17-19-29)33(48-34(39-38)27-12-8-6-9-13-27)32-21-23-46-36(47-32)28-14-10-7-11-15-28/h6-19,30-33,36H,2,5,20-24H2,1,3-4H3/t30?,31-,32-,33-,36-,38?/m0/s1. The monoisotopic (exact) mass is 686 g/mol. The molecule has 10 nitrogen and oxygen atoms in total. The third-order valence-electron chi connectivity index (χ3n) is 9.40. The summed E-state index contributed by atoms with van der Waals surface area (Å²) in [4.78, 5) is 34.2. The van der Waals surface area contributed by atoms with Crippen LogP contribution in [0.25, 0.3) is 0 Å². The first-order valence-corrected chi connectivity index (χ1v) is 18.1. The normalized spacial score (nSPS) is 27.2. The summed E-state index contributed by atoms with van der Waals surface area (Å²) in [5.41, 5.74) is 1.25. The number of hydrogen-bond acceptors (Lipinski definition) is 9. The van der Waals surface area contributed by atoms with Crippen LogP contribution in [-0.4, -0.2) is 68.0 Å². The Labute approximate surface area is 287 Å². The van der Waals surface area contributed by atoms with Crippen molar-refractivity contribution in [1.29, 1.82) is 0 Å². The molecule has 0 spiro atoms. The summed E-state index contributed by atoms with van der Waals surface area (Å²) >= 11 is 0. The first-order chi connectivity index (χ1) is 23.6. The van der Waals surface area contributed by atoms with Gasteiger partial charge < -0.3 is 18.9 Å². The Morgan fingerprint density at radius 2 is 1.69 bits per heavy atom. The lowest BCUT2D eigenvalue weighted by Gasteiger charge is -2.46. The maximum absolute atomic E-state index is 14.6. The highest BCUT2D eigenvalue weighted by Crippen LogP contribution is 2.49. The number of hydrogen-bond donors (Lipinski definition) is 0. The molecule has 0 N–H and O–H groups in total. The van der Waals surface area contributed by atoms with Gasteiger partial charge in [-0.1, -0.05) is 71.8 Å². The van der Waals surface area contributed by atoms with Gasteiger partial charge in [0.05, 0.1) is 18.1 Å². The van der Waals surface area contributed by atoms with E-state index in [0.717, 1.165) is 15.4 Å². The van der Waals surface area contributed by atoms with Crippen molar-refractivity contribution in [2.24, 2.45) is 16.8 Å². The summed E-state index contributed by atoms with van der Waals surface area (Å²) in [6.45, 7) is 9.65. The van der Waals surface area contributed by atoms with Crippen LogP contribution in [0.2, 0.25) is 0 Å². The topological polar surface area (TPSA) is 121 Å². The molecule has 3 aromatic carbocycles. The van der Waals surface area contributed by atoms with Gasteiger partial charge in [0, 0.05) is 35.9 Å². The molecule has 0 aromatic heterocycles. The quantitative estimate of drug-likeness (QED) is 0.195. The number of amides is 1. The summed E-state index contributed by atoms with van der Waals surface area (Å²) in [5, 5.41) is 0. The summed E-state index contributed by atoms with van der Waals surface area (Å²) in [5.74, 6) is -2.85. The maximum atomic E-state index is 14.6. The predicted octanol–water partition coefficient (Wildman–Crippen LogP) is 5.77. The molecule has 6 atom stereocenters. The molecule has 3 aliphatic rings. The molecule has 2 unspecified atom stereocenters. The van der Waals surface area contributed by atoms with Crippen LogP contribution in [-0.2, 0) is 38.6 Å². The minimum atomic E-state index is -4.19. The van der Waals surface area contributed by atoms with Crippen LogP contribution in [0, 0.1) is 18.8 Å². The zero-order valence-corrected chi connectivity index (χ0v) is 28.8. The number of esters is 1. The van der Waals surface area contributed by atoms with Crippen LogP contribution < -0.4 is 0 Å². The minimum Gasteiger partial charge on any atom is -0.468 e. The average molecular weight is 687 g/mol. The van der Waals surface area contributed by atoms with E-state index >= 15 is 0 Å². The number of allylic oxidation sites excluding steroid dienone is 1. The van der Waals surface area contributed by atoms with E-state index in [4.69, 9.17) is 23.9 Å². The van der Waals surface area contributed by atoms with Crippen LogP contribution in [0.1, 0.15) is 56.1 Å². The van der Waals surface area contributed by atoms with Crippen LogP contribution in [0.4, 0.5) is 0 Å². The summed E-state index contributed by atoms with van der Waals surface area (Å²) in [6.07, 6.45) is -1.78. The van der Waals surface area contributed by atoms with Gasteiger partial charge in [-0.25, -0.2) is 22.5 Å². The lowest BCUT2D eigenvalue weighted by molar-refractivity contribution is -0.243. The summed E-state index contributed by atoms with van der Waals surface area (Å²) in [7, 11) is -4.19. The second kappa shape index (κ2) is 14.3. The van der Waals surface area contributed by atoms with E-state index in [-0.39, 0.29) is 36.8 Å². The number of sulfonamides is 1. The van der Waals surface area contributed by atoms with Gasteiger partial charge in [0.15, 0.2) is 12.4 Å². The number of nitrogens with zero attached hydrogens (tertiary/aromatic N) is 2. The third-order valence-corrected chi connectivity index (χ3v) is 11.2. The van der Waals surface area contributed by atoms with Crippen molar-refractivity contribution >= 4 is 27.8 Å². The molecule has 2 fully saturated rings. The molecule has 11 heteroatoms. The van der Waals surface area contributed by atoms with Crippen LogP contribution >= 0.6 is 0 Å². The van der Waals surface area contributed by atoms with Gasteiger partial charge in [-0.05, 0) is 57.9 Å². The molecule has 0 radical (unpaired) electrons. The van der Waals surface area contributed by atoms with Crippen molar-refractivity contribution in [3.63, 3.8) is 0 Å². The summed E-state index contributed by atoms with van der Waals surface area (Å²) < 4.78 is 53.8. The molecule has 3 heterocycles. The summed E-state index contributed by atoms with van der Waals surface area (Å²) in [6, 6.07) is 25.1. The van der Waals surface area contributed by atoms with E-state index in [1.165, 1.54) is 12.1 Å². The van der Waals surface area contributed by atoms with E-state index in [2.05, 4.69) is 6.58 Å². The number of aliphatic imine (C=N–C) groups is 1. The van der Waals surface area contributed by atoms with Gasteiger partial charge >= 0.3 is 5.97 Å². The Bertz CT molecular complexity index is 1810. The number of benzene rings is 3. The Morgan fingerprint density at radius 1 is 1.02 bits per heavy atom. The van der Waals surface area contributed by atoms with Crippen LogP contribution in [0.5, 0.6) is 0 Å². The zero-order valence-electron chi connectivity index (χ0n) is 28.0. The Hall–Kier alpha value is -4.32. The first kappa shape index (κ1) is 34.5. The third kappa shape index (κ3) is 6.67. The van der Waals surface area contributed by atoms with Crippen molar-refractivity contribution in [1.82, 2.24) is 4.31 Å². The number of carbonyl (C=O) groups excluding carboxylic acids is 2. The fourth-order valence-corrected chi connectivity index (χ4v) is 8.54. The van der Waals surface area contributed by atoms with E-state index in [1.807, 2.05) is 67.6 Å². The van der Waals surface area contributed by atoms with E-state index < -0.39 is 57.8 Å². The molecule has 0 aliphatic carbocycles. The molecule has 258 valence electrons. The maximum Gasteiger partial charge on any atom is 0.338 e. The number of ether oxygens (including phenoxy) is 4. The molecule has 0 bridgehead atoms. The number of rotatable bonds is 10. The van der Waals surface area contributed by atoms with Gasteiger partial charge in [-0.15, -0.1) is 6.58 Å². The largest absolute Gasteiger partial charge is 0.468 e. The molecule has 1 amide bonds. The second-order valence-electron chi connectivity index (χ2n) is 12.8. The zero-order chi connectivity index (χ0) is 34.8. The SMILES string of the molecule is C=C(C)CC1C(=O)N(S(=O)(=O)c2ccc(C)cc2)CC[C@@H]1C1(C(=O)OCC)N=C(c2ccccc2)O[C@H]1[C@@H]1CCO[C@H](c2ccccc2)O1. The molecule has 6 rings (SSSR count). The van der Waals surface area contributed by atoms with Gasteiger partial charge in [0.25, 0.3) is 10.0 Å². The smallest absolute Gasteiger partial charge is 0.338 e. The Balaban J connectivity index is 1.46. The lowest BCUT2D eigenvalue weighted by atomic mass is 9.66. The number of carbonyl (C=O) groups is 2. The van der Waals surface area contributed by atoms with E-state index in [9.17, 15) is 18.0 Å². The highest BCUT2D eigenvalue weighted by molar-refractivity contribution is 7.89. The minimum absolute atomic E-state index is 0.0214. The molecule has 3 aromatic rings. The lowest BCUT2D eigenvalue weighted by Crippen LogP contribution is -2.63. The Kier molecular flexibility index (Phi) is 10.1. The van der Waals surface area contributed by atoms with Gasteiger partial charge in [-0.2, -0.15) is 0 Å². The Morgan fingerprint density at radius 3 is 2.35 bits per heavy atom. The molecule has 3 aliphatic heterocycles. The first-order valence-electron chi connectivity index (χ1n) is 16.6. The molecule has 49 heavy (non-hydrogen) atoms. The highest BCUT2D eigenvalue weighted by atomic mass is 32.2. The highest BCUT2D eigenvalue weighted by Gasteiger charge is 2.65. The predicted molar refractivity (Wildman–Crippen MR) is 183 cm³/mol. The molecule has 0 saturated carbocycles. The molecular weight excluding hydrogens is 644 g/mol. The molecule has 2 saturated heterocycles.